The second-order valence-corrected chi connectivity index (χ2v) is 4.77. The summed E-state index contributed by atoms with van der Waals surface area (Å²) >= 11 is 0. The molecule has 0 radical (unpaired) electrons. The number of ether oxygens (including phenoxy) is 1. The number of rotatable bonds is 5. The van der Waals surface area contributed by atoms with Gasteiger partial charge in [-0.05, 0) is 25.8 Å². The van der Waals surface area contributed by atoms with E-state index in [1.807, 2.05) is 20.0 Å². The van der Waals surface area contributed by atoms with Crippen LogP contribution in [0.15, 0.2) is 18.5 Å². The van der Waals surface area contributed by atoms with E-state index < -0.39 is 0 Å². The van der Waals surface area contributed by atoms with Gasteiger partial charge in [0.1, 0.15) is 0 Å². The van der Waals surface area contributed by atoms with E-state index in [0.29, 0.717) is 12.1 Å². The number of nitrogens with one attached hydrogen (secondary N) is 1. The lowest BCUT2D eigenvalue weighted by Crippen LogP contribution is -2.34. The highest BCUT2D eigenvalue weighted by molar-refractivity contribution is 5.99. The monoisotopic (exact) mass is 263 g/mol. The van der Waals surface area contributed by atoms with Crippen LogP contribution in [0.4, 0.5) is 5.69 Å². The van der Waals surface area contributed by atoms with Crippen molar-refractivity contribution in [2.24, 2.45) is 0 Å². The number of carbonyl (C=O) groups excluding carboxylic acids is 1. The zero-order valence-electron chi connectivity index (χ0n) is 11.6. The Kier molecular flexibility index (Phi) is 4.74. The summed E-state index contributed by atoms with van der Waals surface area (Å²) in [6.45, 7) is 4.23. The molecule has 1 aliphatic heterocycles. The Hall–Kier alpha value is -1.62. The molecule has 1 fully saturated rings. The molecular formula is C14H21N3O2. The first-order chi connectivity index (χ1) is 9.22. The Morgan fingerprint density at radius 1 is 1.63 bits per heavy atom. The number of pyridine rings is 1. The molecule has 104 valence electrons. The maximum Gasteiger partial charge on any atom is 0.257 e. The minimum atomic E-state index is -0.0143. The number of nitrogens with zero attached hydrogens (tertiary/aromatic N) is 2. The van der Waals surface area contributed by atoms with Gasteiger partial charge in [0.2, 0.25) is 0 Å². The third kappa shape index (κ3) is 3.44. The van der Waals surface area contributed by atoms with E-state index in [9.17, 15) is 4.79 Å². The van der Waals surface area contributed by atoms with Crippen LogP contribution in [0, 0.1) is 0 Å². The van der Waals surface area contributed by atoms with Gasteiger partial charge in [0.05, 0.1) is 17.4 Å². The second-order valence-electron chi connectivity index (χ2n) is 4.77. The van der Waals surface area contributed by atoms with Gasteiger partial charge in [0, 0.05) is 39.1 Å². The van der Waals surface area contributed by atoms with E-state index in [2.05, 4.69) is 10.3 Å². The molecule has 5 nitrogen and oxygen atoms in total. The minimum absolute atomic E-state index is 0.0143. The number of carbonyl (C=O) groups is 1. The summed E-state index contributed by atoms with van der Waals surface area (Å²) in [4.78, 5) is 18.2. The first kappa shape index (κ1) is 13.8. The Labute approximate surface area is 114 Å². The predicted octanol–water partition coefficient (Wildman–Crippen LogP) is 1.76. The molecule has 1 aliphatic rings. The second kappa shape index (κ2) is 6.52. The summed E-state index contributed by atoms with van der Waals surface area (Å²) in [5, 5.41) is 3.19. The van der Waals surface area contributed by atoms with Crippen LogP contribution in [0.25, 0.3) is 0 Å². The minimum Gasteiger partial charge on any atom is -0.385 e. The fraction of sp³-hybridized carbons (Fsp3) is 0.571. The summed E-state index contributed by atoms with van der Waals surface area (Å²) in [5.41, 5.74) is 1.45. The standard InChI is InChI=1S/C14H21N3O2/c1-3-16-13-6-7-15-9-12(13)14(18)17(2)10-11-5-4-8-19-11/h6-7,9,11H,3-5,8,10H2,1-2H3,(H,15,16). The van der Waals surface area contributed by atoms with E-state index in [1.54, 1.807) is 17.3 Å². The average Bonchev–Trinajstić information content (AvgIpc) is 2.92. The molecule has 0 aliphatic carbocycles. The number of anilines is 1. The molecule has 5 heteroatoms. The van der Waals surface area contributed by atoms with E-state index in [1.165, 1.54) is 0 Å². The quantitative estimate of drug-likeness (QED) is 0.879. The fourth-order valence-corrected chi connectivity index (χ4v) is 2.29. The van der Waals surface area contributed by atoms with Gasteiger partial charge in [-0.3, -0.25) is 9.78 Å². The van der Waals surface area contributed by atoms with Crippen LogP contribution in [0.5, 0.6) is 0 Å². The summed E-state index contributed by atoms with van der Waals surface area (Å²) in [7, 11) is 1.81. The van der Waals surface area contributed by atoms with E-state index >= 15 is 0 Å². The molecule has 1 aromatic rings. The van der Waals surface area contributed by atoms with E-state index in [0.717, 1.165) is 31.7 Å². The number of hydrogen-bond donors (Lipinski definition) is 1. The maximum absolute atomic E-state index is 12.4. The Balaban J connectivity index is 2.05. The molecule has 0 aromatic carbocycles. The highest BCUT2D eigenvalue weighted by Crippen LogP contribution is 2.17. The van der Waals surface area contributed by atoms with Crippen molar-refractivity contribution in [3.63, 3.8) is 0 Å². The van der Waals surface area contributed by atoms with Crippen LogP contribution in [0.1, 0.15) is 30.1 Å². The number of amides is 1. The van der Waals surface area contributed by atoms with Gasteiger partial charge >= 0.3 is 0 Å². The highest BCUT2D eigenvalue weighted by atomic mass is 16.5. The van der Waals surface area contributed by atoms with E-state index in [4.69, 9.17) is 4.74 Å². The Bertz CT molecular complexity index is 430. The van der Waals surface area contributed by atoms with Crippen molar-refractivity contribution in [2.45, 2.75) is 25.9 Å². The van der Waals surface area contributed by atoms with Crippen molar-refractivity contribution < 1.29 is 9.53 Å². The van der Waals surface area contributed by atoms with Crippen molar-refractivity contribution in [3.8, 4) is 0 Å². The van der Waals surface area contributed by atoms with Gasteiger partial charge in [-0.1, -0.05) is 0 Å². The van der Waals surface area contributed by atoms with Gasteiger partial charge in [-0.25, -0.2) is 0 Å². The lowest BCUT2D eigenvalue weighted by molar-refractivity contribution is 0.0587. The molecular weight excluding hydrogens is 242 g/mol. The molecule has 0 saturated carbocycles. The van der Waals surface area contributed by atoms with Crippen LogP contribution < -0.4 is 5.32 Å². The largest absolute Gasteiger partial charge is 0.385 e. The summed E-state index contributed by atoms with van der Waals surface area (Å²) in [6, 6.07) is 1.83. The van der Waals surface area contributed by atoms with Crippen LogP contribution in [-0.2, 0) is 4.74 Å². The highest BCUT2D eigenvalue weighted by Gasteiger charge is 2.22. The Morgan fingerprint density at radius 2 is 2.47 bits per heavy atom. The number of likely N-dealkylation sites (N-methyl/N-ethyl adjacent to an activating group) is 1. The van der Waals surface area contributed by atoms with Crippen molar-refractivity contribution in [1.29, 1.82) is 0 Å². The van der Waals surface area contributed by atoms with Crippen LogP contribution in [0.2, 0.25) is 0 Å². The fourth-order valence-electron chi connectivity index (χ4n) is 2.29. The lowest BCUT2D eigenvalue weighted by Gasteiger charge is -2.22. The van der Waals surface area contributed by atoms with E-state index in [-0.39, 0.29) is 12.0 Å². The SMILES string of the molecule is CCNc1ccncc1C(=O)N(C)CC1CCCO1. The van der Waals surface area contributed by atoms with Crippen LogP contribution in [-0.4, -0.2) is 48.6 Å². The molecule has 0 bridgehead atoms. The third-order valence-corrected chi connectivity index (χ3v) is 3.27. The van der Waals surface area contributed by atoms with Gasteiger partial charge in [0.15, 0.2) is 0 Å². The smallest absolute Gasteiger partial charge is 0.257 e. The molecule has 1 atom stereocenters. The molecule has 19 heavy (non-hydrogen) atoms. The molecule has 1 N–H and O–H groups in total. The number of hydrogen-bond acceptors (Lipinski definition) is 4. The molecule has 0 spiro atoms. The normalized spacial score (nSPS) is 18.3. The number of aromatic nitrogens is 1. The van der Waals surface area contributed by atoms with Crippen molar-refractivity contribution in [3.05, 3.63) is 24.0 Å². The van der Waals surface area contributed by atoms with Crippen LogP contribution in [0.3, 0.4) is 0 Å². The van der Waals surface area contributed by atoms with Gasteiger partial charge < -0.3 is 15.0 Å². The zero-order chi connectivity index (χ0) is 13.7. The lowest BCUT2D eigenvalue weighted by atomic mass is 10.2. The molecule has 2 rings (SSSR count). The van der Waals surface area contributed by atoms with Gasteiger partial charge in [0.25, 0.3) is 5.91 Å². The molecule has 1 amide bonds. The predicted molar refractivity (Wildman–Crippen MR) is 74.3 cm³/mol. The van der Waals surface area contributed by atoms with Crippen molar-refractivity contribution in [1.82, 2.24) is 9.88 Å². The summed E-state index contributed by atoms with van der Waals surface area (Å²) in [6.07, 6.45) is 5.60. The maximum atomic E-state index is 12.4. The third-order valence-electron chi connectivity index (χ3n) is 3.27. The first-order valence-corrected chi connectivity index (χ1v) is 6.77. The summed E-state index contributed by atoms with van der Waals surface area (Å²) < 4.78 is 5.56. The topological polar surface area (TPSA) is 54.5 Å². The van der Waals surface area contributed by atoms with Crippen molar-refractivity contribution >= 4 is 11.6 Å². The molecule has 2 heterocycles. The molecule has 1 saturated heterocycles. The first-order valence-electron chi connectivity index (χ1n) is 6.77. The van der Waals surface area contributed by atoms with Crippen molar-refractivity contribution in [2.75, 3.05) is 32.1 Å². The van der Waals surface area contributed by atoms with Gasteiger partial charge in [-0.15, -0.1) is 0 Å². The Morgan fingerprint density at radius 3 is 3.16 bits per heavy atom. The zero-order valence-corrected chi connectivity index (χ0v) is 11.6. The molecule has 1 unspecified atom stereocenters. The molecule has 1 aromatic heterocycles. The van der Waals surface area contributed by atoms with Gasteiger partial charge in [-0.2, -0.15) is 0 Å². The average molecular weight is 263 g/mol. The summed E-state index contributed by atoms with van der Waals surface area (Å²) in [5.74, 6) is -0.0143. The van der Waals surface area contributed by atoms with Crippen LogP contribution >= 0.6 is 0 Å².